The van der Waals surface area contributed by atoms with Crippen molar-refractivity contribution in [3.63, 3.8) is 0 Å². The van der Waals surface area contributed by atoms with E-state index in [9.17, 15) is 0 Å². The quantitative estimate of drug-likeness (QED) is 0.664. The summed E-state index contributed by atoms with van der Waals surface area (Å²) in [5, 5.41) is 0. The van der Waals surface area contributed by atoms with E-state index in [1.165, 1.54) is 22.3 Å². The molecule has 66 valence electrons. The maximum Gasteiger partial charge on any atom is -0.00573 e. The zero-order valence-corrected chi connectivity index (χ0v) is 8.91. The SMILES string of the molecule is Cc1ccc(CCS)c(C)c1C. The first-order valence-electron chi connectivity index (χ1n) is 4.33. The van der Waals surface area contributed by atoms with Gasteiger partial charge < -0.3 is 0 Å². The number of hydrogen-bond donors (Lipinski definition) is 1. The second kappa shape index (κ2) is 3.99. The van der Waals surface area contributed by atoms with Gasteiger partial charge >= 0.3 is 0 Å². The van der Waals surface area contributed by atoms with E-state index in [1.807, 2.05) is 0 Å². The van der Waals surface area contributed by atoms with Gasteiger partial charge in [0.2, 0.25) is 0 Å². The fraction of sp³-hybridized carbons (Fsp3) is 0.455. The van der Waals surface area contributed by atoms with Gasteiger partial charge in [0.25, 0.3) is 0 Å². The normalized spacial score (nSPS) is 10.3. The van der Waals surface area contributed by atoms with Crippen molar-refractivity contribution in [2.45, 2.75) is 27.2 Å². The van der Waals surface area contributed by atoms with Crippen molar-refractivity contribution in [2.24, 2.45) is 0 Å². The molecular formula is C11H16S. The highest BCUT2D eigenvalue weighted by molar-refractivity contribution is 7.80. The minimum absolute atomic E-state index is 0.934. The molecule has 1 aromatic rings. The second-order valence-electron chi connectivity index (χ2n) is 3.27. The molecule has 1 aromatic carbocycles. The first-order chi connectivity index (χ1) is 5.66. The molecule has 0 aliphatic heterocycles. The maximum atomic E-state index is 4.24. The van der Waals surface area contributed by atoms with Gasteiger partial charge in [0.05, 0.1) is 0 Å². The highest BCUT2D eigenvalue weighted by atomic mass is 32.1. The predicted octanol–water partition coefficient (Wildman–Crippen LogP) is 3.08. The molecule has 1 heteroatoms. The second-order valence-corrected chi connectivity index (χ2v) is 3.71. The molecule has 0 nitrogen and oxygen atoms in total. The Morgan fingerprint density at radius 2 is 1.75 bits per heavy atom. The van der Waals surface area contributed by atoms with E-state index in [-0.39, 0.29) is 0 Å². The van der Waals surface area contributed by atoms with Crippen LogP contribution in [0.15, 0.2) is 12.1 Å². The monoisotopic (exact) mass is 180 g/mol. The first-order valence-corrected chi connectivity index (χ1v) is 4.96. The lowest BCUT2D eigenvalue weighted by molar-refractivity contribution is 1.10. The Morgan fingerprint density at radius 3 is 2.33 bits per heavy atom. The summed E-state index contributed by atoms with van der Waals surface area (Å²) in [4.78, 5) is 0. The van der Waals surface area contributed by atoms with Gasteiger partial charge in [0.1, 0.15) is 0 Å². The Bertz CT molecular complexity index is 277. The van der Waals surface area contributed by atoms with Crippen LogP contribution in [0.4, 0.5) is 0 Å². The van der Waals surface area contributed by atoms with Gasteiger partial charge in [0.15, 0.2) is 0 Å². The van der Waals surface area contributed by atoms with Crippen LogP contribution in [0.25, 0.3) is 0 Å². The average molecular weight is 180 g/mol. The molecule has 0 bridgehead atoms. The molecular weight excluding hydrogens is 164 g/mol. The molecule has 1 rings (SSSR count). The highest BCUT2D eigenvalue weighted by Crippen LogP contribution is 2.17. The van der Waals surface area contributed by atoms with E-state index in [2.05, 4.69) is 45.5 Å². The molecule has 0 saturated heterocycles. The third-order valence-electron chi connectivity index (χ3n) is 2.55. The van der Waals surface area contributed by atoms with E-state index in [0.717, 1.165) is 12.2 Å². The van der Waals surface area contributed by atoms with E-state index in [0.29, 0.717) is 0 Å². The van der Waals surface area contributed by atoms with Crippen LogP contribution in [-0.2, 0) is 6.42 Å². The summed E-state index contributed by atoms with van der Waals surface area (Å²) in [6.45, 7) is 6.54. The topological polar surface area (TPSA) is 0 Å². The average Bonchev–Trinajstić information content (AvgIpc) is 2.07. The summed E-state index contributed by atoms with van der Waals surface area (Å²) in [7, 11) is 0. The predicted molar refractivity (Wildman–Crippen MR) is 58.2 cm³/mol. The van der Waals surface area contributed by atoms with E-state index in [1.54, 1.807) is 0 Å². The number of benzene rings is 1. The number of rotatable bonds is 2. The molecule has 12 heavy (non-hydrogen) atoms. The summed E-state index contributed by atoms with van der Waals surface area (Å²) in [6, 6.07) is 4.41. The molecule has 0 amide bonds. The van der Waals surface area contributed by atoms with Gasteiger partial charge in [0, 0.05) is 0 Å². The largest absolute Gasteiger partial charge is 0.179 e. The lowest BCUT2D eigenvalue weighted by Gasteiger charge is -2.09. The van der Waals surface area contributed by atoms with Crippen molar-refractivity contribution in [2.75, 3.05) is 5.75 Å². The van der Waals surface area contributed by atoms with Crippen molar-refractivity contribution in [1.29, 1.82) is 0 Å². The number of thiol groups is 1. The van der Waals surface area contributed by atoms with Crippen molar-refractivity contribution in [3.8, 4) is 0 Å². The van der Waals surface area contributed by atoms with Gasteiger partial charge in [-0.15, -0.1) is 0 Å². The Kier molecular flexibility index (Phi) is 3.21. The molecule has 0 saturated carbocycles. The van der Waals surface area contributed by atoms with Crippen LogP contribution in [0, 0.1) is 20.8 Å². The summed E-state index contributed by atoms with van der Waals surface area (Å²) < 4.78 is 0. The molecule has 0 heterocycles. The Labute approximate surface area is 80.4 Å². The van der Waals surface area contributed by atoms with Gasteiger partial charge in [-0.05, 0) is 55.2 Å². The zero-order valence-electron chi connectivity index (χ0n) is 8.02. The van der Waals surface area contributed by atoms with Crippen molar-refractivity contribution >= 4 is 12.6 Å². The molecule has 0 spiro atoms. The molecule has 0 aromatic heterocycles. The summed E-state index contributed by atoms with van der Waals surface area (Å²) >= 11 is 4.24. The number of aryl methyl sites for hydroxylation is 2. The van der Waals surface area contributed by atoms with Crippen LogP contribution < -0.4 is 0 Å². The van der Waals surface area contributed by atoms with Gasteiger partial charge in [-0.25, -0.2) is 0 Å². The van der Waals surface area contributed by atoms with E-state index >= 15 is 0 Å². The van der Waals surface area contributed by atoms with E-state index in [4.69, 9.17) is 0 Å². The lowest BCUT2D eigenvalue weighted by atomic mass is 9.98. The minimum atomic E-state index is 0.934. The standard InChI is InChI=1S/C11H16S/c1-8-4-5-11(6-7-12)10(3)9(8)2/h4-5,12H,6-7H2,1-3H3. The maximum absolute atomic E-state index is 4.24. The molecule has 0 radical (unpaired) electrons. The summed E-state index contributed by atoms with van der Waals surface area (Å²) in [5.74, 6) is 0.934. The van der Waals surface area contributed by atoms with Crippen molar-refractivity contribution < 1.29 is 0 Å². The van der Waals surface area contributed by atoms with E-state index < -0.39 is 0 Å². The molecule has 0 fully saturated rings. The minimum Gasteiger partial charge on any atom is -0.179 e. The number of hydrogen-bond acceptors (Lipinski definition) is 1. The zero-order chi connectivity index (χ0) is 9.14. The molecule has 0 unspecified atom stereocenters. The third-order valence-corrected chi connectivity index (χ3v) is 2.77. The van der Waals surface area contributed by atoms with Crippen LogP contribution in [0.3, 0.4) is 0 Å². The molecule has 0 atom stereocenters. The van der Waals surface area contributed by atoms with Gasteiger partial charge in [-0.3, -0.25) is 0 Å². The molecule has 0 aliphatic rings. The van der Waals surface area contributed by atoms with Gasteiger partial charge in [-0.1, -0.05) is 12.1 Å². The fourth-order valence-electron chi connectivity index (χ4n) is 1.40. The van der Waals surface area contributed by atoms with Crippen LogP contribution in [0.5, 0.6) is 0 Å². The molecule has 0 N–H and O–H groups in total. The van der Waals surface area contributed by atoms with Crippen molar-refractivity contribution in [3.05, 3.63) is 34.4 Å². The molecule has 0 aliphatic carbocycles. The third kappa shape index (κ3) is 1.84. The Balaban J connectivity index is 3.08. The fourth-order valence-corrected chi connectivity index (χ4v) is 1.64. The van der Waals surface area contributed by atoms with Crippen LogP contribution in [0.1, 0.15) is 22.3 Å². The van der Waals surface area contributed by atoms with Gasteiger partial charge in [-0.2, -0.15) is 12.6 Å². The first kappa shape index (κ1) is 9.66. The summed E-state index contributed by atoms with van der Waals surface area (Å²) in [6.07, 6.45) is 1.08. The van der Waals surface area contributed by atoms with Crippen LogP contribution >= 0.6 is 12.6 Å². The smallest absolute Gasteiger partial charge is 0.00573 e. The lowest BCUT2D eigenvalue weighted by Crippen LogP contribution is -1.95. The van der Waals surface area contributed by atoms with Crippen LogP contribution in [0.2, 0.25) is 0 Å². The van der Waals surface area contributed by atoms with Crippen LogP contribution in [-0.4, -0.2) is 5.75 Å². The Hall–Kier alpha value is -0.430. The summed E-state index contributed by atoms with van der Waals surface area (Å²) in [5.41, 5.74) is 5.68. The van der Waals surface area contributed by atoms with Crippen molar-refractivity contribution in [1.82, 2.24) is 0 Å². The highest BCUT2D eigenvalue weighted by Gasteiger charge is 2.01. The Morgan fingerprint density at radius 1 is 1.08 bits per heavy atom.